The van der Waals surface area contributed by atoms with E-state index >= 15 is 0 Å². The number of amides is 2. The van der Waals surface area contributed by atoms with E-state index in [9.17, 15) is 9.59 Å². The maximum absolute atomic E-state index is 12.9. The average Bonchev–Trinajstić information content (AvgIpc) is 2.62. The van der Waals surface area contributed by atoms with Crippen LogP contribution in [0.4, 0.5) is 0 Å². The first kappa shape index (κ1) is 14.6. The van der Waals surface area contributed by atoms with E-state index in [0.717, 1.165) is 18.4 Å². The predicted molar refractivity (Wildman–Crippen MR) is 81.6 cm³/mol. The normalized spacial score (nSPS) is 30.9. The first-order valence-electron chi connectivity index (χ1n) is 7.37. The summed E-state index contributed by atoms with van der Waals surface area (Å²) in [7, 11) is 0. The maximum atomic E-state index is 12.9. The number of piperidine rings is 1. The molecule has 1 aliphatic heterocycles. The lowest BCUT2D eigenvalue weighted by atomic mass is 9.62. The van der Waals surface area contributed by atoms with Crippen molar-refractivity contribution in [3.05, 3.63) is 34.9 Å². The maximum Gasteiger partial charge on any atom is 0.235 e. The van der Waals surface area contributed by atoms with Gasteiger partial charge in [0.15, 0.2) is 0 Å². The molecule has 2 aliphatic rings. The van der Waals surface area contributed by atoms with Crippen molar-refractivity contribution in [2.75, 3.05) is 0 Å². The monoisotopic (exact) mass is 305 g/mol. The largest absolute Gasteiger partial charge is 0.277 e. The van der Waals surface area contributed by atoms with Crippen LogP contribution in [0.2, 0.25) is 5.02 Å². The number of rotatable bonds is 2. The van der Waals surface area contributed by atoms with Gasteiger partial charge >= 0.3 is 0 Å². The van der Waals surface area contributed by atoms with E-state index in [0.29, 0.717) is 11.6 Å². The lowest BCUT2D eigenvalue weighted by Gasteiger charge is -2.47. The molecule has 0 N–H and O–H groups in total. The van der Waals surface area contributed by atoms with Gasteiger partial charge in [0.05, 0.1) is 12.0 Å². The Kier molecular flexibility index (Phi) is 3.17. The van der Waals surface area contributed by atoms with Gasteiger partial charge in [0.25, 0.3) is 0 Å². The van der Waals surface area contributed by atoms with Gasteiger partial charge in [0.1, 0.15) is 0 Å². The third kappa shape index (κ3) is 1.94. The fourth-order valence-corrected chi connectivity index (χ4v) is 3.95. The molecule has 0 spiro atoms. The molecule has 1 aromatic rings. The Hall–Kier alpha value is -1.35. The fourth-order valence-electron chi connectivity index (χ4n) is 3.82. The van der Waals surface area contributed by atoms with Crippen LogP contribution in [-0.4, -0.2) is 16.7 Å². The van der Waals surface area contributed by atoms with Gasteiger partial charge in [-0.15, -0.1) is 0 Å². The second-order valence-corrected chi connectivity index (χ2v) is 7.44. The number of hydrogen-bond donors (Lipinski definition) is 0. The van der Waals surface area contributed by atoms with Crippen molar-refractivity contribution in [2.45, 2.75) is 40.2 Å². The summed E-state index contributed by atoms with van der Waals surface area (Å²) >= 11 is 5.88. The Bertz CT molecular complexity index is 608. The summed E-state index contributed by atoms with van der Waals surface area (Å²) in [5.74, 6) is -0.0939. The minimum absolute atomic E-state index is 0.0186. The minimum atomic E-state index is -0.433. The van der Waals surface area contributed by atoms with E-state index in [-0.39, 0.29) is 23.1 Å². The van der Waals surface area contributed by atoms with E-state index in [1.165, 1.54) is 4.90 Å². The fraction of sp³-hybridized carbons (Fsp3) is 0.529. The zero-order valence-electron chi connectivity index (χ0n) is 12.6. The van der Waals surface area contributed by atoms with Gasteiger partial charge in [-0.3, -0.25) is 14.5 Å². The molecule has 21 heavy (non-hydrogen) atoms. The van der Waals surface area contributed by atoms with Gasteiger partial charge in [0, 0.05) is 10.9 Å². The van der Waals surface area contributed by atoms with Crippen molar-refractivity contribution in [3.63, 3.8) is 0 Å². The first-order chi connectivity index (χ1) is 9.77. The number of nitrogens with zero attached hydrogens (tertiary/aromatic N) is 1. The molecule has 2 fully saturated rings. The van der Waals surface area contributed by atoms with Crippen LogP contribution in [0.1, 0.15) is 39.2 Å². The summed E-state index contributed by atoms with van der Waals surface area (Å²) in [5.41, 5.74) is 0.249. The van der Waals surface area contributed by atoms with E-state index in [1.54, 1.807) is 12.1 Å². The molecule has 2 atom stereocenters. The molecule has 3 nitrogen and oxygen atoms in total. The smallest absolute Gasteiger partial charge is 0.235 e. The second-order valence-electron chi connectivity index (χ2n) is 7.00. The minimum Gasteiger partial charge on any atom is -0.277 e. The Morgan fingerprint density at radius 2 is 1.81 bits per heavy atom. The summed E-state index contributed by atoms with van der Waals surface area (Å²) in [5, 5.41) is 0.656. The molecule has 0 radical (unpaired) electrons. The van der Waals surface area contributed by atoms with Crippen molar-refractivity contribution in [1.29, 1.82) is 0 Å². The molecule has 1 aromatic carbocycles. The van der Waals surface area contributed by atoms with E-state index in [4.69, 9.17) is 11.6 Å². The molecular formula is C17H20ClNO2. The van der Waals surface area contributed by atoms with Gasteiger partial charge < -0.3 is 0 Å². The van der Waals surface area contributed by atoms with Gasteiger partial charge in [-0.25, -0.2) is 0 Å². The Balaban J connectivity index is 1.92. The van der Waals surface area contributed by atoms with Gasteiger partial charge in [-0.05, 0) is 36.0 Å². The highest BCUT2D eigenvalue weighted by Gasteiger charge is 2.64. The van der Waals surface area contributed by atoms with Crippen LogP contribution in [0.25, 0.3) is 0 Å². The molecule has 1 heterocycles. The average molecular weight is 306 g/mol. The lowest BCUT2D eigenvalue weighted by molar-refractivity contribution is -0.168. The van der Waals surface area contributed by atoms with E-state index < -0.39 is 5.41 Å². The van der Waals surface area contributed by atoms with Gasteiger partial charge in [0.2, 0.25) is 11.8 Å². The van der Waals surface area contributed by atoms with Crippen LogP contribution >= 0.6 is 11.6 Å². The molecule has 1 aliphatic carbocycles. The number of benzene rings is 1. The van der Waals surface area contributed by atoms with Crippen molar-refractivity contribution in [2.24, 2.45) is 16.7 Å². The van der Waals surface area contributed by atoms with Crippen LogP contribution in [0.3, 0.4) is 0 Å². The Morgan fingerprint density at radius 3 is 2.43 bits per heavy atom. The predicted octanol–water partition coefficient (Wildman–Crippen LogP) is 3.65. The third-order valence-corrected chi connectivity index (χ3v) is 6.01. The number of fused-ring (bicyclic) bond motifs is 2. The highest BCUT2D eigenvalue weighted by atomic mass is 35.5. The SMILES string of the molecule is CC12CCC(C(=O)N(Cc3ccc(Cl)cc3)C1=O)C2(C)C. The van der Waals surface area contributed by atoms with Crippen LogP contribution in [-0.2, 0) is 16.1 Å². The topological polar surface area (TPSA) is 37.4 Å². The highest BCUT2D eigenvalue weighted by molar-refractivity contribution is 6.30. The van der Waals surface area contributed by atoms with Crippen LogP contribution in [0, 0.1) is 16.7 Å². The summed E-state index contributed by atoms with van der Waals surface area (Å²) in [4.78, 5) is 27.0. The molecule has 2 amide bonds. The molecule has 112 valence electrons. The molecule has 0 aromatic heterocycles. The number of halogens is 1. The third-order valence-electron chi connectivity index (χ3n) is 5.76. The summed E-state index contributed by atoms with van der Waals surface area (Å²) in [6.45, 7) is 6.47. The number of carbonyl (C=O) groups excluding carboxylic acids is 2. The highest BCUT2D eigenvalue weighted by Crippen LogP contribution is 2.60. The molecule has 2 bridgehead atoms. The quantitative estimate of drug-likeness (QED) is 0.782. The molecular weight excluding hydrogens is 286 g/mol. The molecule has 1 saturated carbocycles. The molecule has 1 saturated heterocycles. The zero-order valence-corrected chi connectivity index (χ0v) is 13.4. The van der Waals surface area contributed by atoms with Crippen molar-refractivity contribution in [1.82, 2.24) is 4.90 Å². The zero-order chi connectivity index (χ0) is 15.4. The molecule has 2 unspecified atom stereocenters. The van der Waals surface area contributed by atoms with E-state index in [1.807, 2.05) is 19.1 Å². The number of hydrogen-bond acceptors (Lipinski definition) is 2. The Labute approximate surface area is 130 Å². The van der Waals surface area contributed by atoms with Gasteiger partial charge in [-0.2, -0.15) is 0 Å². The summed E-state index contributed by atoms with van der Waals surface area (Å²) < 4.78 is 0. The first-order valence-corrected chi connectivity index (χ1v) is 7.75. The van der Waals surface area contributed by atoms with Crippen molar-refractivity contribution < 1.29 is 9.59 Å². The van der Waals surface area contributed by atoms with Crippen molar-refractivity contribution in [3.8, 4) is 0 Å². The van der Waals surface area contributed by atoms with Crippen LogP contribution in [0.5, 0.6) is 0 Å². The molecule has 3 rings (SSSR count). The van der Waals surface area contributed by atoms with Crippen LogP contribution < -0.4 is 0 Å². The molecule has 4 heteroatoms. The number of carbonyl (C=O) groups is 2. The second kappa shape index (κ2) is 4.57. The number of imide groups is 1. The van der Waals surface area contributed by atoms with Crippen LogP contribution in [0.15, 0.2) is 24.3 Å². The van der Waals surface area contributed by atoms with Gasteiger partial charge in [-0.1, -0.05) is 44.5 Å². The number of likely N-dealkylation sites (tertiary alicyclic amines) is 1. The Morgan fingerprint density at radius 1 is 1.19 bits per heavy atom. The summed E-state index contributed by atoms with van der Waals surface area (Å²) in [6, 6.07) is 7.31. The lowest BCUT2D eigenvalue weighted by Crippen LogP contribution is -2.58. The van der Waals surface area contributed by atoms with Crippen molar-refractivity contribution >= 4 is 23.4 Å². The summed E-state index contributed by atoms with van der Waals surface area (Å²) in [6.07, 6.45) is 1.61. The van der Waals surface area contributed by atoms with E-state index in [2.05, 4.69) is 13.8 Å². The standard InChI is InChI=1S/C17H20ClNO2/c1-16(2)13-8-9-17(16,3)15(21)19(14(13)20)10-11-4-6-12(18)7-5-11/h4-7,13H,8-10H2,1-3H3.